The van der Waals surface area contributed by atoms with Crippen LogP contribution in [0.15, 0.2) is 43.0 Å². The first-order valence-corrected chi connectivity index (χ1v) is 11.8. The molecule has 3 aromatic rings. The molecule has 1 saturated heterocycles. The number of carbonyl (C=O) groups is 2. The van der Waals surface area contributed by atoms with Crippen LogP contribution in [-0.2, 0) is 32.0 Å². The van der Waals surface area contributed by atoms with E-state index >= 15 is 0 Å². The highest BCUT2D eigenvalue weighted by Crippen LogP contribution is 2.26. The maximum atomic E-state index is 13.0. The fourth-order valence-corrected chi connectivity index (χ4v) is 3.87. The molecule has 3 heterocycles. The second kappa shape index (κ2) is 10.8. The highest BCUT2D eigenvalue weighted by atomic mass is 16.6. The molecular formula is C25H31N5O5. The van der Waals surface area contributed by atoms with Crippen LogP contribution >= 0.6 is 0 Å². The molecule has 2 atom stereocenters. The minimum Gasteiger partial charge on any atom is -0.459 e. The van der Waals surface area contributed by atoms with E-state index in [9.17, 15) is 9.59 Å². The average molecular weight is 482 g/mol. The first kappa shape index (κ1) is 24.6. The molecule has 0 bridgehead atoms. The van der Waals surface area contributed by atoms with Gasteiger partial charge in [0.2, 0.25) is 0 Å². The Kier molecular flexibility index (Phi) is 7.60. The van der Waals surface area contributed by atoms with Gasteiger partial charge in [0.25, 0.3) is 0 Å². The summed E-state index contributed by atoms with van der Waals surface area (Å²) in [5.74, 6) is -0.596. The second-order valence-corrected chi connectivity index (χ2v) is 9.46. The van der Waals surface area contributed by atoms with Gasteiger partial charge in [-0.15, -0.1) is 0 Å². The van der Waals surface area contributed by atoms with Crippen molar-refractivity contribution in [2.45, 2.75) is 70.9 Å². The van der Waals surface area contributed by atoms with E-state index in [1.165, 1.54) is 6.33 Å². The van der Waals surface area contributed by atoms with Crippen molar-refractivity contribution in [1.82, 2.24) is 24.8 Å². The first-order chi connectivity index (χ1) is 16.8. The summed E-state index contributed by atoms with van der Waals surface area (Å²) in [7, 11) is 0. The van der Waals surface area contributed by atoms with E-state index < -0.39 is 23.7 Å². The van der Waals surface area contributed by atoms with Crippen molar-refractivity contribution in [3.8, 4) is 0 Å². The Morgan fingerprint density at radius 1 is 1.17 bits per heavy atom. The SMILES string of the molecule is CC(C)(C)OC(=O)N[C@H](Cc1ncnc2c1ncn2C1CCCCO1)C(=O)OCc1ccccc1. The summed E-state index contributed by atoms with van der Waals surface area (Å²) < 4.78 is 18.6. The van der Waals surface area contributed by atoms with Crippen LogP contribution in [0.2, 0.25) is 0 Å². The van der Waals surface area contributed by atoms with Crippen molar-refractivity contribution in [3.63, 3.8) is 0 Å². The minimum atomic E-state index is -1.03. The molecule has 0 aliphatic carbocycles. The summed E-state index contributed by atoms with van der Waals surface area (Å²) in [4.78, 5) is 38.8. The summed E-state index contributed by atoms with van der Waals surface area (Å²) in [5.41, 5.74) is 1.81. The number of hydrogen-bond donors (Lipinski definition) is 1. The third-order valence-electron chi connectivity index (χ3n) is 5.50. The summed E-state index contributed by atoms with van der Waals surface area (Å²) >= 11 is 0. The molecule has 35 heavy (non-hydrogen) atoms. The normalized spacial score (nSPS) is 17.1. The van der Waals surface area contributed by atoms with Crippen LogP contribution in [0.25, 0.3) is 11.2 Å². The number of rotatable bonds is 7. The third-order valence-corrected chi connectivity index (χ3v) is 5.50. The van der Waals surface area contributed by atoms with Crippen LogP contribution in [0.4, 0.5) is 4.79 Å². The number of alkyl carbamates (subject to hydrolysis) is 1. The molecule has 186 valence electrons. The van der Waals surface area contributed by atoms with Crippen LogP contribution in [-0.4, -0.2) is 49.8 Å². The summed E-state index contributed by atoms with van der Waals surface area (Å²) in [6.45, 7) is 6.03. The van der Waals surface area contributed by atoms with Crippen molar-refractivity contribution in [2.75, 3.05) is 6.61 Å². The largest absolute Gasteiger partial charge is 0.459 e. The summed E-state index contributed by atoms with van der Waals surface area (Å²) in [6.07, 6.45) is 5.30. The van der Waals surface area contributed by atoms with E-state index in [2.05, 4.69) is 20.3 Å². The monoisotopic (exact) mass is 481 g/mol. The molecule has 1 amide bonds. The average Bonchev–Trinajstić information content (AvgIpc) is 3.27. The van der Waals surface area contributed by atoms with Crippen LogP contribution in [0.3, 0.4) is 0 Å². The predicted octanol–water partition coefficient (Wildman–Crippen LogP) is 3.70. The number of nitrogens with zero attached hydrogens (tertiary/aromatic N) is 4. The van der Waals surface area contributed by atoms with E-state index in [4.69, 9.17) is 14.2 Å². The maximum absolute atomic E-state index is 13.0. The van der Waals surface area contributed by atoms with Gasteiger partial charge in [0.05, 0.1) is 12.0 Å². The zero-order valence-corrected chi connectivity index (χ0v) is 20.3. The van der Waals surface area contributed by atoms with Crippen molar-refractivity contribution < 1.29 is 23.8 Å². The van der Waals surface area contributed by atoms with Gasteiger partial charge in [-0.25, -0.2) is 24.5 Å². The fraction of sp³-hybridized carbons (Fsp3) is 0.480. The van der Waals surface area contributed by atoms with E-state index in [1.54, 1.807) is 27.1 Å². The minimum absolute atomic E-state index is 0.0639. The molecule has 0 radical (unpaired) electrons. The Bertz CT molecular complexity index is 1150. The van der Waals surface area contributed by atoms with E-state index in [1.807, 2.05) is 34.9 Å². The number of fused-ring (bicyclic) bond motifs is 1. The zero-order chi connectivity index (χ0) is 24.8. The van der Waals surface area contributed by atoms with Gasteiger partial charge in [0.1, 0.15) is 36.3 Å². The zero-order valence-electron chi connectivity index (χ0n) is 20.3. The number of ether oxygens (including phenoxy) is 3. The fourth-order valence-electron chi connectivity index (χ4n) is 3.87. The highest BCUT2D eigenvalue weighted by Gasteiger charge is 2.28. The number of carbonyl (C=O) groups excluding carboxylic acids is 2. The number of aromatic nitrogens is 4. The van der Waals surface area contributed by atoms with Crippen molar-refractivity contribution in [1.29, 1.82) is 0 Å². The van der Waals surface area contributed by atoms with Gasteiger partial charge in [0, 0.05) is 13.0 Å². The second-order valence-electron chi connectivity index (χ2n) is 9.46. The molecule has 10 nitrogen and oxygen atoms in total. The number of benzene rings is 1. The topological polar surface area (TPSA) is 117 Å². The number of esters is 1. The van der Waals surface area contributed by atoms with Crippen LogP contribution < -0.4 is 5.32 Å². The molecule has 0 spiro atoms. The number of imidazole rings is 1. The van der Waals surface area contributed by atoms with Crippen molar-refractivity contribution in [2.24, 2.45) is 0 Å². The lowest BCUT2D eigenvalue weighted by Crippen LogP contribution is -2.45. The molecule has 0 saturated carbocycles. The Balaban J connectivity index is 1.55. The predicted molar refractivity (Wildman–Crippen MR) is 127 cm³/mol. The molecule has 1 unspecified atom stereocenters. The molecule has 1 aliphatic rings. The summed E-state index contributed by atoms with van der Waals surface area (Å²) in [6, 6.07) is 8.31. The van der Waals surface area contributed by atoms with Gasteiger partial charge in [-0.3, -0.25) is 4.57 Å². The molecule has 2 aromatic heterocycles. The molecule has 1 fully saturated rings. The third kappa shape index (κ3) is 6.54. The lowest BCUT2D eigenvalue weighted by molar-refractivity contribution is -0.147. The van der Waals surface area contributed by atoms with Gasteiger partial charge in [0.15, 0.2) is 5.65 Å². The number of amides is 1. The van der Waals surface area contributed by atoms with Gasteiger partial charge in [-0.2, -0.15) is 0 Å². The van der Waals surface area contributed by atoms with Crippen LogP contribution in [0.1, 0.15) is 57.5 Å². The molecule has 10 heteroatoms. The lowest BCUT2D eigenvalue weighted by atomic mass is 10.1. The maximum Gasteiger partial charge on any atom is 0.408 e. The molecule has 1 aromatic carbocycles. The quantitative estimate of drug-likeness (QED) is 0.508. The Labute approximate surface area is 204 Å². The van der Waals surface area contributed by atoms with Gasteiger partial charge in [-0.1, -0.05) is 30.3 Å². The molecule has 4 rings (SSSR count). The van der Waals surface area contributed by atoms with Crippen molar-refractivity contribution in [3.05, 3.63) is 54.2 Å². The van der Waals surface area contributed by atoms with Gasteiger partial charge in [-0.05, 0) is 45.6 Å². The van der Waals surface area contributed by atoms with E-state index in [0.717, 1.165) is 24.8 Å². The molecule has 1 N–H and O–H groups in total. The molecule has 1 aliphatic heterocycles. The van der Waals surface area contributed by atoms with E-state index in [0.29, 0.717) is 23.5 Å². The van der Waals surface area contributed by atoms with Gasteiger partial charge >= 0.3 is 12.1 Å². The number of hydrogen-bond acceptors (Lipinski definition) is 8. The Hall–Kier alpha value is -3.53. The Morgan fingerprint density at radius 2 is 1.97 bits per heavy atom. The Morgan fingerprint density at radius 3 is 2.69 bits per heavy atom. The highest BCUT2D eigenvalue weighted by molar-refractivity contribution is 5.83. The van der Waals surface area contributed by atoms with Crippen molar-refractivity contribution >= 4 is 23.2 Å². The standard InChI is InChI=1S/C25H31N5O5/c1-25(2,3)35-24(32)29-19(23(31)34-14-17-9-5-4-6-10-17)13-18-21-22(27-15-26-18)30(16-28-21)20-11-7-8-12-33-20/h4-6,9-10,15-16,19-20H,7-8,11-14H2,1-3H3,(H,29,32)/t19-,20?/m1/s1. The summed E-state index contributed by atoms with van der Waals surface area (Å²) in [5, 5.41) is 2.64. The number of nitrogens with one attached hydrogen (secondary N) is 1. The first-order valence-electron chi connectivity index (χ1n) is 11.8. The smallest absolute Gasteiger partial charge is 0.408 e. The van der Waals surface area contributed by atoms with Crippen LogP contribution in [0, 0.1) is 0 Å². The molecular weight excluding hydrogens is 450 g/mol. The van der Waals surface area contributed by atoms with E-state index in [-0.39, 0.29) is 19.3 Å². The lowest BCUT2D eigenvalue weighted by Gasteiger charge is -2.24. The van der Waals surface area contributed by atoms with Crippen LogP contribution in [0.5, 0.6) is 0 Å². The van der Waals surface area contributed by atoms with Gasteiger partial charge < -0.3 is 19.5 Å².